The highest BCUT2D eigenvalue weighted by atomic mass is 16.3. The SMILES string of the molecule is CN(C)CCn1c(Cc2cccc(O)c2)nc2cccnc21. The molecule has 0 saturated heterocycles. The van der Waals surface area contributed by atoms with Crippen LogP contribution in [0.25, 0.3) is 11.2 Å². The van der Waals surface area contributed by atoms with Gasteiger partial charge in [0, 0.05) is 25.7 Å². The first-order valence-corrected chi connectivity index (χ1v) is 7.36. The van der Waals surface area contributed by atoms with Crippen molar-refractivity contribution in [2.75, 3.05) is 20.6 Å². The van der Waals surface area contributed by atoms with Gasteiger partial charge in [-0.05, 0) is 43.9 Å². The standard InChI is InChI=1S/C17H20N4O/c1-20(2)9-10-21-16(12-13-5-3-6-14(22)11-13)19-15-7-4-8-18-17(15)21/h3-8,11,22H,9-10,12H2,1-2H3. The van der Waals surface area contributed by atoms with Gasteiger partial charge >= 0.3 is 0 Å². The fourth-order valence-corrected chi connectivity index (χ4v) is 2.52. The van der Waals surface area contributed by atoms with Crippen molar-refractivity contribution in [3.63, 3.8) is 0 Å². The van der Waals surface area contributed by atoms with E-state index in [0.29, 0.717) is 6.42 Å². The Morgan fingerprint density at radius 2 is 2.05 bits per heavy atom. The Kier molecular flexibility index (Phi) is 4.06. The Labute approximate surface area is 129 Å². The van der Waals surface area contributed by atoms with Crippen molar-refractivity contribution < 1.29 is 5.11 Å². The van der Waals surface area contributed by atoms with Crippen LogP contribution >= 0.6 is 0 Å². The van der Waals surface area contributed by atoms with Gasteiger partial charge in [-0.3, -0.25) is 0 Å². The lowest BCUT2D eigenvalue weighted by atomic mass is 10.1. The summed E-state index contributed by atoms with van der Waals surface area (Å²) in [5, 5.41) is 9.63. The average molecular weight is 296 g/mol. The van der Waals surface area contributed by atoms with Gasteiger partial charge in [-0.1, -0.05) is 12.1 Å². The van der Waals surface area contributed by atoms with E-state index in [4.69, 9.17) is 4.98 Å². The third-order valence-corrected chi connectivity index (χ3v) is 3.63. The van der Waals surface area contributed by atoms with Crippen LogP contribution < -0.4 is 0 Å². The van der Waals surface area contributed by atoms with Crippen LogP contribution in [-0.2, 0) is 13.0 Å². The molecular formula is C17H20N4O. The highest BCUT2D eigenvalue weighted by molar-refractivity contribution is 5.71. The van der Waals surface area contributed by atoms with E-state index >= 15 is 0 Å². The van der Waals surface area contributed by atoms with Crippen molar-refractivity contribution in [2.24, 2.45) is 0 Å². The maximum atomic E-state index is 9.63. The molecule has 3 rings (SSSR count). The predicted molar refractivity (Wildman–Crippen MR) is 87.0 cm³/mol. The van der Waals surface area contributed by atoms with Gasteiger partial charge in [-0.15, -0.1) is 0 Å². The van der Waals surface area contributed by atoms with E-state index in [1.807, 2.05) is 24.3 Å². The number of phenolic OH excluding ortho intramolecular Hbond substituents is 1. The highest BCUT2D eigenvalue weighted by Crippen LogP contribution is 2.19. The zero-order valence-corrected chi connectivity index (χ0v) is 12.9. The second-order valence-electron chi connectivity index (χ2n) is 5.68. The molecule has 0 aliphatic carbocycles. The molecule has 3 aromatic rings. The fraction of sp³-hybridized carbons (Fsp3) is 0.294. The summed E-state index contributed by atoms with van der Waals surface area (Å²) in [7, 11) is 4.11. The van der Waals surface area contributed by atoms with Crippen molar-refractivity contribution in [3.8, 4) is 5.75 Å². The first kappa shape index (κ1) is 14.5. The largest absolute Gasteiger partial charge is 0.508 e. The van der Waals surface area contributed by atoms with Crippen LogP contribution in [0.15, 0.2) is 42.6 Å². The third-order valence-electron chi connectivity index (χ3n) is 3.63. The van der Waals surface area contributed by atoms with E-state index in [1.54, 1.807) is 18.3 Å². The number of aromatic hydroxyl groups is 1. The van der Waals surface area contributed by atoms with E-state index < -0.39 is 0 Å². The lowest BCUT2D eigenvalue weighted by Gasteiger charge is -2.13. The van der Waals surface area contributed by atoms with Crippen LogP contribution in [0, 0.1) is 0 Å². The smallest absolute Gasteiger partial charge is 0.160 e. The van der Waals surface area contributed by atoms with Gasteiger partial charge in [0.05, 0.1) is 0 Å². The fourth-order valence-electron chi connectivity index (χ4n) is 2.52. The number of aromatic nitrogens is 3. The molecule has 0 spiro atoms. The summed E-state index contributed by atoms with van der Waals surface area (Å²) in [4.78, 5) is 11.3. The third kappa shape index (κ3) is 3.09. The first-order chi connectivity index (χ1) is 10.6. The molecule has 0 unspecified atom stereocenters. The molecule has 5 heteroatoms. The van der Waals surface area contributed by atoms with Gasteiger partial charge in [-0.2, -0.15) is 0 Å². The van der Waals surface area contributed by atoms with Crippen molar-refractivity contribution in [2.45, 2.75) is 13.0 Å². The van der Waals surface area contributed by atoms with Gasteiger partial charge in [-0.25, -0.2) is 9.97 Å². The van der Waals surface area contributed by atoms with Crippen LogP contribution in [0.1, 0.15) is 11.4 Å². The Morgan fingerprint density at radius 3 is 2.82 bits per heavy atom. The number of nitrogens with zero attached hydrogens (tertiary/aromatic N) is 4. The summed E-state index contributed by atoms with van der Waals surface area (Å²) in [5.74, 6) is 1.26. The van der Waals surface area contributed by atoms with Gasteiger partial charge < -0.3 is 14.6 Å². The molecular weight excluding hydrogens is 276 g/mol. The zero-order chi connectivity index (χ0) is 15.5. The van der Waals surface area contributed by atoms with E-state index in [2.05, 4.69) is 28.5 Å². The van der Waals surface area contributed by atoms with Crippen molar-refractivity contribution in [1.82, 2.24) is 19.4 Å². The number of fused-ring (bicyclic) bond motifs is 1. The zero-order valence-electron chi connectivity index (χ0n) is 12.9. The number of phenols is 1. The molecule has 0 radical (unpaired) electrons. The van der Waals surface area contributed by atoms with Crippen molar-refractivity contribution in [1.29, 1.82) is 0 Å². The van der Waals surface area contributed by atoms with Crippen LogP contribution in [0.2, 0.25) is 0 Å². The summed E-state index contributed by atoms with van der Waals surface area (Å²) >= 11 is 0. The Balaban J connectivity index is 1.98. The number of likely N-dealkylation sites (N-methyl/N-ethyl adjacent to an activating group) is 1. The number of benzene rings is 1. The minimum atomic E-state index is 0.284. The number of hydrogen-bond acceptors (Lipinski definition) is 4. The van der Waals surface area contributed by atoms with Gasteiger partial charge in [0.1, 0.15) is 17.1 Å². The molecule has 0 saturated carbocycles. The number of pyridine rings is 1. The topological polar surface area (TPSA) is 54.2 Å². The average Bonchev–Trinajstić information content (AvgIpc) is 2.82. The molecule has 0 aliphatic rings. The molecule has 0 aliphatic heterocycles. The molecule has 2 aromatic heterocycles. The predicted octanol–water partition coefficient (Wildman–Crippen LogP) is 2.29. The molecule has 1 N–H and O–H groups in total. The molecule has 0 bridgehead atoms. The normalized spacial score (nSPS) is 11.4. The van der Waals surface area contributed by atoms with Crippen molar-refractivity contribution >= 4 is 11.2 Å². The van der Waals surface area contributed by atoms with E-state index in [0.717, 1.165) is 35.6 Å². The molecule has 1 aromatic carbocycles. The van der Waals surface area contributed by atoms with E-state index in [-0.39, 0.29) is 5.75 Å². The van der Waals surface area contributed by atoms with Crippen LogP contribution in [0.4, 0.5) is 0 Å². The number of hydrogen-bond donors (Lipinski definition) is 1. The monoisotopic (exact) mass is 296 g/mol. The Hall–Kier alpha value is -2.40. The Morgan fingerprint density at radius 1 is 1.18 bits per heavy atom. The maximum Gasteiger partial charge on any atom is 0.160 e. The molecule has 22 heavy (non-hydrogen) atoms. The van der Waals surface area contributed by atoms with Crippen LogP contribution in [0.5, 0.6) is 5.75 Å². The summed E-state index contributed by atoms with van der Waals surface area (Å²) in [5.41, 5.74) is 2.87. The highest BCUT2D eigenvalue weighted by Gasteiger charge is 2.12. The molecule has 2 heterocycles. The lowest BCUT2D eigenvalue weighted by Crippen LogP contribution is -2.19. The summed E-state index contributed by atoms with van der Waals surface area (Å²) in [6.45, 7) is 1.77. The van der Waals surface area contributed by atoms with Crippen LogP contribution in [0.3, 0.4) is 0 Å². The summed E-state index contributed by atoms with van der Waals surface area (Å²) < 4.78 is 2.17. The lowest BCUT2D eigenvalue weighted by molar-refractivity contribution is 0.383. The summed E-state index contributed by atoms with van der Waals surface area (Å²) in [6.07, 6.45) is 2.48. The number of rotatable bonds is 5. The molecule has 0 atom stereocenters. The van der Waals surface area contributed by atoms with Crippen molar-refractivity contribution in [3.05, 3.63) is 54.0 Å². The number of imidazole rings is 1. The minimum absolute atomic E-state index is 0.284. The second-order valence-corrected chi connectivity index (χ2v) is 5.68. The molecule has 114 valence electrons. The minimum Gasteiger partial charge on any atom is -0.508 e. The molecule has 5 nitrogen and oxygen atoms in total. The quantitative estimate of drug-likeness (QED) is 0.785. The molecule has 0 amide bonds. The molecule has 0 fully saturated rings. The van der Waals surface area contributed by atoms with E-state index in [1.165, 1.54) is 0 Å². The van der Waals surface area contributed by atoms with Gasteiger partial charge in [0.15, 0.2) is 5.65 Å². The summed E-state index contributed by atoms with van der Waals surface area (Å²) in [6, 6.07) is 11.2. The van der Waals surface area contributed by atoms with Gasteiger partial charge in [0.25, 0.3) is 0 Å². The van der Waals surface area contributed by atoms with E-state index in [9.17, 15) is 5.11 Å². The second kappa shape index (κ2) is 6.15. The Bertz CT molecular complexity index is 779. The van der Waals surface area contributed by atoms with Gasteiger partial charge in [0.2, 0.25) is 0 Å². The first-order valence-electron chi connectivity index (χ1n) is 7.36. The van der Waals surface area contributed by atoms with Crippen LogP contribution in [-0.4, -0.2) is 45.2 Å². The maximum absolute atomic E-state index is 9.63.